The van der Waals surface area contributed by atoms with Gasteiger partial charge in [-0.15, -0.1) is 10.2 Å². The van der Waals surface area contributed by atoms with Crippen molar-refractivity contribution in [2.45, 2.75) is 32.2 Å². The fraction of sp³-hybridized carbons (Fsp3) is 0.412. The van der Waals surface area contributed by atoms with Crippen LogP contribution in [0, 0.1) is 0 Å². The molecule has 1 aliphatic rings. The maximum Gasteiger partial charge on any atom is 0.317 e. The van der Waals surface area contributed by atoms with Crippen molar-refractivity contribution in [2.24, 2.45) is 0 Å². The number of urea groups is 1. The number of nitrogens with zero attached hydrogens (tertiary/aromatic N) is 3. The van der Waals surface area contributed by atoms with Crippen LogP contribution in [-0.2, 0) is 0 Å². The molecule has 1 aromatic carbocycles. The molecular formula is C17H21N5O2. The van der Waals surface area contributed by atoms with E-state index in [4.69, 9.17) is 0 Å². The third-order valence-electron chi connectivity index (χ3n) is 4.20. The molecule has 2 amide bonds. The third-order valence-corrected chi connectivity index (χ3v) is 4.20. The highest BCUT2D eigenvalue weighted by atomic mass is 16.2. The second-order valence-electron chi connectivity index (χ2n) is 5.86. The molecule has 0 bridgehead atoms. The first-order valence-corrected chi connectivity index (χ1v) is 8.26. The Kier molecular flexibility index (Phi) is 4.88. The van der Waals surface area contributed by atoms with Crippen molar-refractivity contribution in [1.29, 1.82) is 0 Å². The van der Waals surface area contributed by atoms with Gasteiger partial charge in [0.15, 0.2) is 11.5 Å². The smallest absolute Gasteiger partial charge is 0.317 e. The fourth-order valence-corrected chi connectivity index (χ4v) is 2.82. The highest BCUT2D eigenvalue weighted by Gasteiger charge is 2.23. The number of amides is 2. The van der Waals surface area contributed by atoms with Gasteiger partial charge >= 0.3 is 6.03 Å². The molecule has 2 aromatic rings. The van der Waals surface area contributed by atoms with E-state index in [1.54, 1.807) is 4.90 Å². The Balaban J connectivity index is 1.79. The van der Waals surface area contributed by atoms with Crippen molar-refractivity contribution >= 4 is 6.03 Å². The highest BCUT2D eigenvalue weighted by Crippen LogP contribution is 2.15. The zero-order valence-corrected chi connectivity index (χ0v) is 13.7. The fourth-order valence-electron chi connectivity index (χ4n) is 2.82. The molecule has 7 nitrogen and oxygen atoms in total. The number of hydrogen-bond donors (Lipinski definition) is 2. The molecule has 1 saturated heterocycles. The number of aromatic amines is 1. The zero-order chi connectivity index (χ0) is 16.9. The third kappa shape index (κ3) is 3.45. The summed E-state index contributed by atoms with van der Waals surface area (Å²) in [6, 6.07) is 8.75. The van der Waals surface area contributed by atoms with Gasteiger partial charge in [-0.2, -0.15) is 0 Å². The Morgan fingerprint density at radius 3 is 2.58 bits per heavy atom. The van der Waals surface area contributed by atoms with E-state index in [1.807, 2.05) is 37.3 Å². The van der Waals surface area contributed by atoms with E-state index >= 15 is 0 Å². The molecule has 0 radical (unpaired) electrons. The number of likely N-dealkylation sites (tertiary alicyclic amines) is 1. The van der Waals surface area contributed by atoms with Crippen LogP contribution in [0.5, 0.6) is 0 Å². The van der Waals surface area contributed by atoms with E-state index in [9.17, 15) is 9.59 Å². The Morgan fingerprint density at radius 1 is 1.25 bits per heavy atom. The van der Waals surface area contributed by atoms with Crippen LogP contribution in [0.2, 0.25) is 0 Å². The molecule has 1 aliphatic heterocycles. The zero-order valence-electron chi connectivity index (χ0n) is 13.7. The van der Waals surface area contributed by atoms with Crippen LogP contribution in [0.4, 0.5) is 4.79 Å². The minimum absolute atomic E-state index is 0.146. The van der Waals surface area contributed by atoms with Gasteiger partial charge in [0.05, 0.1) is 6.04 Å². The first kappa shape index (κ1) is 16.2. The summed E-state index contributed by atoms with van der Waals surface area (Å²) in [5, 5.41) is 11.1. The van der Waals surface area contributed by atoms with E-state index in [0.717, 1.165) is 31.5 Å². The summed E-state index contributed by atoms with van der Waals surface area (Å²) in [6.45, 7) is 3.43. The summed E-state index contributed by atoms with van der Waals surface area (Å²) in [4.78, 5) is 29.2. The van der Waals surface area contributed by atoms with E-state index in [2.05, 4.69) is 20.5 Å². The topological polar surface area (TPSA) is 91.0 Å². The van der Waals surface area contributed by atoms with Crippen LogP contribution in [0.1, 0.15) is 37.9 Å². The molecule has 1 fully saturated rings. The van der Waals surface area contributed by atoms with Crippen LogP contribution in [0.15, 0.2) is 35.1 Å². The average Bonchev–Trinajstić information content (AvgIpc) is 3.15. The van der Waals surface area contributed by atoms with Gasteiger partial charge in [-0.1, -0.05) is 37.3 Å². The van der Waals surface area contributed by atoms with E-state index in [1.165, 1.54) is 0 Å². The van der Waals surface area contributed by atoms with E-state index in [-0.39, 0.29) is 17.3 Å². The summed E-state index contributed by atoms with van der Waals surface area (Å²) >= 11 is 0. The van der Waals surface area contributed by atoms with Gasteiger partial charge in [0.2, 0.25) is 0 Å². The number of benzene rings is 1. The highest BCUT2D eigenvalue weighted by molar-refractivity contribution is 5.74. The van der Waals surface area contributed by atoms with Gasteiger partial charge in [0.25, 0.3) is 5.56 Å². The lowest BCUT2D eigenvalue weighted by molar-refractivity contribution is 0.203. The van der Waals surface area contributed by atoms with Gasteiger partial charge in [-0.3, -0.25) is 4.79 Å². The predicted octanol–water partition coefficient (Wildman–Crippen LogP) is 2.09. The average molecular weight is 327 g/mol. The number of carbonyl (C=O) groups excluding carboxylic acids is 1. The summed E-state index contributed by atoms with van der Waals surface area (Å²) in [6.07, 6.45) is 2.62. The normalized spacial score (nSPS) is 15.3. The molecule has 3 rings (SSSR count). The Bertz CT molecular complexity index is 753. The molecule has 1 unspecified atom stereocenters. The van der Waals surface area contributed by atoms with Crippen LogP contribution < -0.4 is 10.9 Å². The molecule has 1 aromatic heterocycles. The van der Waals surface area contributed by atoms with Gasteiger partial charge in [-0.25, -0.2) is 4.79 Å². The van der Waals surface area contributed by atoms with E-state index < -0.39 is 6.04 Å². The van der Waals surface area contributed by atoms with Gasteiger partial charge in [0.1, 0.15) is 0 Å². The maximum atomic E-state index is 12.4. The van der Waals surface area contributed by atoms with Crippen molar-refractivity contribution in [3.8, 4) is 11.4 Å². The summed E-state index contributed by atoms with van der Waals surface area (Å²) in [5.41, 5.74) is 0.713. The number of hydrogen-bond acceptors (Lipinski definition) is 4. The van der Waals surface area contributed by atoms with Gasteiger partial charge < -0.3 is 15.2 Å². The lowest BCUT2D eigenvalue weighted by Crippen LogP contribution is -2.41. The molecule has 1 atom stereocenters. The second kappa shape index (κ2) is 7.25. The first-order valence-electron chi connectivity index (χ1n) is 8.26. The van der Waals surface area contributed by atoms with Crippen LogP contribution >= 0.6 is 0 Å². The predicted molar refractivity (Wildman–Crippen MR) is 90.5 cm³/mol. The molecule has 24 heavy (non-hydrogen) atoms. The molecule has 2 N–H and O–H groups in total. The lowest BCUT2D eigenvalue weighted by Gasteiger charge is -2.21. The summed E-state index contributed by atoms with van der Waals surface area (Å²) < 4.78 is 0. The lowest BCUT2D eigenvalue weighted by atomic mass is 10.1. The second-order valence-corrected chi connectivity index (χ2v) is 5.86. The molecule has 2 heterocycles. The Morgan fingerprint density at radius 2 is 1.96 bits per heavy atom. The number of nitrogens with one attached hydrogen (secondary N) is 2. The number of aromatic nitrogens is 3. The largest absolute Gasteiger partial charge is 0.329 e. The number of H-pyrrole nitrogens is 1. The number of carbonyl (C=O) groups is 1. The first-order chi connectivity index (χ1) is 11.7. The minimum atomic E-state index is -0.445. The molecule has 126 valence electrons. The maximum absolute atomic E-state index is 12.4. The quantitative estimate of drug-likeness (QED) is 0.899. The molecule has 0 spiro atoms. The Labute approximate surface area is 140 Å². The molecule has 0 aliphatic carbocycles. The van der Waals surface area contributed by atoms with Crippen molar-refractivity contribution in [3.63, 3.8) is 0 Å². The van der Waals surface area contributed by atoms with Crippen molar-refractivity contribution in [2.75, 3.05) is 13.1 Å². The van der Waals surface area contributed by atoms with Crippen molar-refractivity contribution in [3.05, 3.63) is 46.4 Å². The SMILES string of the molecule is CCC(NC(=O)N1CCCC1)c1nnc(-c2ccccc2)[nH]c1=O. The monoisotopic (exact) mass is 327 g/mol. The standard InChI is InChI=1S/C17H21N5O2/c1-2-13(18-17(24)22-10-6-7-11-22)14-16(23)19-15(21-20-14)12-8-4-3-5-9-12/h3-5,8-9,13H,2,6-7,10-11H2,1H3,(H,18,24)(H,19,21,23). The van der Waals surface area contributed by atoms with Crippen LogP contribution in [0.25, 0.3) is 11.4 Å². The van der Waals surface area contributed by atoms with E-state index in [0.29, 0.717) is 12.2 Å². The molecule has 7 heteroatoms. The molecule has 0 saturated carbocycles. The minimum Gasteiger partial charge on any atom is -0.329 e. The van der Waals surface area contributed by atoms with Crippen LogP contribution in [0.3, 0.4) is 0 Å². The van der Waals surface area contributed by atoms with Gasteiger partial charge in [0, 0.05) is 18.7 Å². The van der Waals surface area contributed by atoms with Crippen LogP contribution in [-0.4, -0.2) is 39.2 Å². The number of rotatable bonds is 4. The van der Waals surface area contributed by atoms with Gasteiger partial charge in [-0.05, 0) is 19.3 Å². The Hall–Kier alpha value is -2.70. The van der Waals surface area contributed by atoms with Crippen molar-refractivity contribution < 1.29 is 4.79 Å². The summed E-state index contributed by atoms with van der Waals surface area (Å²) in [5.74, 6) is 0.421. The summed E-state index contributed by atoms with van der Waals surface area (Å²) in [7, 11) is 0. The molecular weight excluding hydrogens is 306 g/mol. The van der Waals surface area contributed by atoms with Crippen molar-refractivity contribution in [1.82, 2.24) is 25.4 Å².